The first-order valence-corrected chi connectivity index (χ1v) is 9.52. The molecule has 0 aromatic heterocycles. The molecule has 0 saturated heterocycles. The molecule has 0 unspecified atom stereocenters. The fraction of sp³-hybridized carbons (Fsp3) is 0.455. The summed E-state index contributed by atoms with van der Waals surface area (Å²) in [4.78, 5) is 0. The van der Waals surface area contributed by atoms with Crippen LogP contribution in [0.2, 0.25) is 0 Å². The number of hydrogen-bond acceptors (Lipinski definition) is 6. The standard InChI is InChI=1S/C22H28O6/c1-3-15-4-6-16(7-5-15)10-17-8-9-18-13-27-22(2,19(18)11-17)28-20(12-23)21(25)26-14-24/h4-9,11,20-21,23-25H,3,10,12-14H2,1-2H3/t20-,21+,22+/m1/s1. The van der Waals surface area contributed by atoms with E-state index in [1.807, 2.05) is 12.1 Å². The Morgan fingerprint density at radius 1 is 1.07 bits per heavy atom. The number of aryl methyl sites for hydroxylation is 1. The van der Waals surface area contributed by atoms with Gasteiger partial charge in [0.2, 0.25) is 0 Å². The molecule has 0 amide bonds. The first kappa shape index (κ1) is 20.9. The van der Waals surface area contributed by atoms with Gasteiger partial charge in [0.1, 0.15) is 12.9 Å². The third-order valence-electron chi connectivity index (χ3n) is 5.13. The molecule has 152 valence electrons. The summed E-state index contributed by atoms with van der Waals surface area (Å²) in [6.45, 7) is 3.13. The second kappa shape index (κ2) is 9.13. The smallest absolute Gasteiger partial charge is 0.193 e. The highest BCUT2D eigenvalue weighted by molar-refractivity contribution is 5.39. The minimum atomic E-state index is -1.46. The highest BCUT2D eigenvalue weighted by atomic mass is 16.7. The first-order valence-electron chi connectivity index (χ1n) is 9.52. The molecule has 1 aliphatic rings. The average Bonchev–Trinajstić information content (AvgIpc) is 3.03. The van der Waals surface area contributed by atoms with E-state index in [9.17, 15) is 10.2 Å². The van der Waals surface area contributed by atoms with Gasteiger partial charge in [-0.1, -0.05) is 43.3 Å². The van der Waals surface area contributed by atoms with E-state index in [0.29, 0.717) is 6.61 Å². The van der Waals surface area contributed by atoms with Gasteiger partial charge in [-0.25, -0.2) is 0 Å². The SMILES string of the molecule is CCc1ccc(Cc2ccc3c(c2)[C@](C)(O[C@H](CO)[C@@H](O)OCO)OC3)cc1. The number of aliphatic hydroxyl groups is 3. The van der Waals surface area contributed by atoms with E-state index in [0.717, 1.165) is 29.5 Å². The summed E-state index contributed by atoms with van der Waals surface area (Å²) in [6, 6.07) is 14.7. The number of ether oxygens (including phenoxy) is 3. The Kier molecular flexibility index (Phi) is 6.82. The van der Waals surface area contributed by atoms with Gasteiger partial charge in [-0.15, -0.1) is 0 Å². The Morgan fingerprint density at radius 2 is 1.75 bits per heavy atom. The van der Waals surface area contributed by atoms with Crippen LogP contribution >= 0.6 is 0 Å². The van der Waals surface area contributed by atoms with Crippen LogP contribution in [0, 0.1) is 0 Å². The molecule has 1 aliphatic heterocycles. The maximum absolute atomic E-state index is 9.90. The largest absolute Gasteiger partial charge is 0.393 e. The van der Waals surface area contributed by atoms with Gasteiger partial charge in [0.05, 0.1) is 13.2 Å². The first-order chi connectivity index (χ1) is 13.5. The maximum atomic E-state index is 9.90. The topological polar surface area (TPSA) is 88.4 Å². The van der Waals surface area contributed by atoms with Crippen molar-refractivity contribution in [1.29, 1.82) is 0 Å². The van der Waals surface area contributed by atoms with Crippen LogP contribution in [-0.2, 0) is 39.4 Å². The second-order valence-electron chi connectivity index (χ2n) is 7.10. The Labute approximate surface area is 165 Å². The normalized spacial score (nSPS) is 20.8. The minimum Gasteiger partial charge on any atom is -0.393 e. The monoisotopic (exact) mass is 388 g/mol. The molecule has 28 heavy (non-hydrogen) atoms. The van der Waals surface area contributed by atoms with Crippen molar-refractivity contribution in [1.82, 2.24) is 0 Å². The van der Waals surface area contributed by atoms with Crippen LogP contribution in [0.1, 0.15) is 41.7 Å². The molecular formula is C22H28O6. The third-order valence-corrected chi connectivity index (χ3v) is 5.13. The van der Waals surface area contributed by atoms with Gasteiger partial charge in [0.15, 0.2) is 12.1 Å². The summed E-state index contributed by atoms with van der Waals surface area (Å²) < 4.78 is 16.4. The highest BCUT2D eigenvalue weighted by Crippen LogP contribution is 2.39. The van der Waals surface area contributed by atoms with Gasteiger partial charge in [0, 0.05) is 5.56 Å². The highest BCUT2D eigenvalue weighted by Gasteiger charge is 2.40. The van der Waals surface area contributed by atoms with Gasteiger partial charge in [-0.2, -0.15) is 0 Å². The van der Waals surface area contributed by atoms with Crippen molar-refractivity contribution in [3.8, 4) is 0 Å². The molecule has 6 nitrogen and oxygen atoms in total. The number of fused-ring (bicyclic) bond motifs is 1. The summed E-state index contributed by atoms with van der Waals surface area (Å²) in [5.74, 6) is -1.12. The fourth-order valence-electron chi connectivity index (χ4n) is 3.46. The number of benzene rings is 2. The lowest BCUT2D eigenvalue weighted by Gasteiger charge is -2.32. The Bertz CT molecular complexity index is 775. The van der Waals surface area contributed by atoms with Gasteiger partial charge in [-0.3, -0.25) is 0 Å². The number of rotatable bonds is 9. The summed E-state index contributed by atoms with van der Waals surface area (Å²) >= 11 is 0. The van der Waals surface area contributed by atoms with E-state index < -0.39 is 31.6 Å². The van der Waals surface area contributed by atoms with Crippen LogP contribution in [0.25, 0.3) is 0 Å². The predicted octanol–water partition coefficient (Wildman–Crippen LogP) is 2.21. The Morgan fingerprint density at radius 3 is 2.39 bits per heavy atom. The Balaban J connectivity index is 1.79. The molecule has 0 bridgehead atoms. The lowest BCUT2D eigenvalue weighted by atomic mass is 9.96. The molecule has 6 heteroatoms. The van der Waals surface area contributed by atoms with Crippen LogP contribution < -0.4 is 0 Å². The predicted molar refractivity (Wildman–Crippen MR) is 103 cm³/mol. The number of aliphatic hydroxyl groups excluding tert-OH is 3. The Hall–Kier alpha value is -1.80. The number of hydrogen-bond donors (Lipinski definition) is 3. The van der Waals surface area contributed by atoms with E-state index in [2.05, 4.69) is 37.3 Å². The van der Waals surface area contributed by atoms with E-state index >= 15 is 0 Å². The van der Waals surface area contributed by atoms with Crippen molar-refractivity contribution in [3.05, 3.63) is 70.3 Å². The molecule has 2 aromatic carbocycles. The molecule has 3 rings (SSSR count). The molecular weight excluding hydrogens is 360 g/mol. The molecule has 3 N–H and O–H groups in total. The zero-order valence-corrected chi connectivity index (χ0v) is 16.3. The minimum absolute atomic E-state index is 0.381. The second-order valence-corrected chi connectivity index (χ2v) is 7.10. The van der Waals surface area contributed by atoms with E-state index in [1.165, 1.54) is 11.1 Å². The summed E-state index contributed by atoms with van der Waals surface area (Å²) in [6.07, 6.45) is -0.704. The van der Waals surface area contributed by atoms with Crippen molar-refractivity contribution in [2.45, 2.75) is 51.5 Å². The van der Waals surface area contributed by atoms with Crippen LogP contribution in [0.15, 0.2) is 42.5 Å². The van der Waals surface area contributed by atoms with Gasteiger partial charge < -0.3 is 29.5 Å². The molecule has 1 heterocycles. The molecule has 0 spiro atoms. The van der Waals surface area contributed by atoms with E-state index in [-0.39, 0.29) is 0 Å². The van der Waals surface area contributed by atoms with Crippen LogP contribution in [0.3, 0.4) is 0 Å². The summed E-state index contributed by atoms with van der Waals surface area (Å²) in [5, 5.41) is 28.3. The average molecular weight is 388 g/mol. The van der Waals surface area contributed by atoms with Crippen molar-refractivity contribution < 1.29 is 29.5 Å². The zero-order chi connectivity index (χ0) is 20.1. The van der Waals surface area contributed by atoms with E-state index in [1.54, 1.807) is 6.92 Å². The van der Waals surface area contributed by atoms with Crippen molar-refractivity contribution >= 4 is 0 Å². The van der Waals surface area contributed by atoms with Gasteiger partial charge in [0.25, 0.3) is 0 Å². The van der Waals surface area contributed by atoms with E-state index in [4.69, 9.17) is 19.3 Å². The van der Waals surface area contributed by atoms with Crippen molar-refractivity contribution in [3.63, 3.8) is 0 Å². The third kappa shape index (κ3) is 4.60. The fourth-order valence-corrected chi connectivity index (χ4v) is 3.46. The summed E-state index contributed by atoms with van der Waals surface area (Å²) in [7, 11) is 0. The lowest BCUT2D eigenvalue weighted by molar-refractivity contribution is -0.305. The van der Waals surface area contributed by atoms with Gasteiger partial charge >= 0.3 is 0 Å². The van der Waals surface area contributed by atoms with Crippen LogP contribution in [0.5, 0.6) is 0 Å². The van der Waals surface area contributed by atoms with Crippen LogP contribution in [-0.4, -0.2) is 41.1 Å². The zero-order valence-electron chi connectivity index (χ0n) is 16.3. The molecule has 0 radical (unpaired) electrons. The maximum Gasteiger partial charge on any atom is 0.193 e. The molecule has 3 atom stereocenters. The quantitative estimate of drug-likeness (QED) is 0.571. The van der Waals surface area contributed by atoms with Crippen molar-refractivity contribution in [2.24, 2.45) is 0 Å². The lowest BCUT2D eigenvalue weighted by Crippen LogP contribution is -2.41. The molecule has 0 aliphatic carbocycles. The van der Waals surface area contributed by atoms with Crippen molar-refractivity contribution in [2.75, 3.05) is 13.4 Å². The molecule has 0 fully saturated rings. The molecule has 0 saturated carbocycles. The summed E-state index contributed by atoms with van der Waals surface area (Å²) in [5.41, 5.74) is 5.52. The molecule has 2 aromatic rings. The van der Waals surface area contributed by atoms with Crippen LogP contribution in [0.4, 0.5) is 0 Å². The van der Waals surface area contributed by atoms with Gasteiger partial charge in [-0.05, 0) is 48.1 Å².